The minimum atomic E-state index is 0. The third kappa shape index (κ3) is 12.0. The zero-order valence-corrected chi connectivity index (χ0v) is 8.69. The van der Waals surface area contributed by atoms with Gasteiger partial charge in [0.15, 0.2) is 0 Å². The molecule has 0 radical (unpaired) electrons. The van der Waals surface area contributed by atoms with Crippen LogP contribution in [0.5, 0.6) is 0 Å². The van der Waals surface area contributed by atoms with Gasteiger partial charge in [0.05, 0.1) is 0 Å². The molecule has 0 bridgehead atoms. The average Bonchev–Trinajstić information content (AvgIpc) is 1.81. The Labute approximate surface area is 81.0 Å². The van der Waals surface area contributed by atoms with E-state index >= 15 is 0 Å². The van der Waals surface area contributed by atoms with Crippen LogP contribution in [0.15, 0.2) is 12.2 Å². The molecule has 0 heterocycles. The van der Waals surface area contributed by atoms with E-state index in [2.05, 4.69) is 19.9 Å². The average molecular weight is 134 g/mol. The van der Waals surface area contributed by atoms with E-state index in [9.17, 15) is 0 Å². The Morgan fingerprint density at radius 1 is 1.33 bits per heavy atom. The quantitative estimate of drug-likeness (QED) is 0.287. The smallest absolute Gasteiger partial charge is 0.245 e. The van der Waals surface area contributed by atoms with Gasteiger partial charge in [-0.15, -0.1) is 6.42 Å². The van der Waals surface area contributed by atoms with Crippen LogP contribution in [0.2, 0.25) is 0 Å². The minimum Gasteiger partial charge on any atom is -0.245 e. The van der Waals surface area contributed by atoms with E-state index in [4.69, 9.17) is 0 Å². The number of allylic oxidation sites excluding steroid dienone is 2. The van der Waals surface area contributed by atoms with Crippen molar-refractivity contribution >= 4 is 0 Å². The van der Waals surface area contributed by atoms with Crippen LogP contribution in [0.1, 0.15) is 32.6 Å². The van der Waals surface area contributed by atoms with Gasteiger partial charge in [-0.2, -0.15) is 0 Å². The van der Waals surface area contributed by atoms with Crippen molar-refractivity contribution in [2.24, 2.45) is 0 Å². The molecular weight excluding hydrogens is 119 g/mol. The van der Waals surface area contributed by atoms with Gasteiger partial charge in [0.25, 0.3) is 0 Å². The maximum Gasteiger partial charge on any atom is 1.00 e. The molecule has 0 aromatic rings. The van der Waals surface area contributed by atoms with Crippen molar-refractivity contribution in [3.05, 3.63) is 19.1 Å². The van der Waals surface area contributed by atoms with E-state index in [1.54, 1.807) is 0 Å². The summed E-state index contributed by atoms with van der Waals surface area (Å²) in [6.45, 7) is 5.82. The minimum absolute atomic E-state index is 0. The second kappa shape index (κ2) is 11.4. The molecule has 0 unspecified atom stereocenters. The summed E-state index contributed by atoms with van der Waals surface area (Å²) in [6, 6.07) is 0. The van der Waals surface area contributed by atoms with E-state index in [0.29, 0.717) is 0 Å². The predicted octanol–water partition coefficient (Wildman–Crippen LogP) is -0.0390. The molecule has 0 aromatic carbocycles. The van der Waals surface area contributed by atoms with Gasteiger partial charge in [0.2, 0.25) is 0 Å². The fourth-order valence-corrected chi connectivity index (χ4v) is 0.630. The monoisotopic (exact) mass is 134 g/mol. The number of hydrogen-bond donors (Lipinski definition) is 0. The number of rotatable bonds is 4. The Balaban J connectivity index is 0. The maximum absolute atomic E-state index is 3.60. The van der Waals surface area contributed by atoms with Gasteiger partial charge in [0.1, 0.15) is 0 Å². The number of unbranched alkanes of at least 4 members (excludes halogenated alkanes) is 3. The molecule has 0 fully saturated rings. The molecule has 0 aliphatic heterocycles. The Hall–Kier alpha value is 0.610. The van der Waals surface area contributed by atoms with Gasteiger partial charge in [-0.05, 0) is 0 Å². The molecular formula is C8H15Na. The Kier molecular flexibility index (Phi) is 15.6. The third-order valence-electron chi connectivity index (χ3n) is 1.14. The van der Waals surface area contributed by atoms with Gasteiger partial charge in [-0.3, -0.25) is 0 Å². The van der Waals surface area contributed by atoms with Crippen molar-refractivity contribution < 1.29 is 29.6 Å². The third-order valence-corrected chi connectivity index (χ3v) is 1.14. The standard InChI is InChI=1S/C8H15.Na/c1-3-5-7-8-6-4-2;/h3,5H,1,4,6-8H2,2H3;/q-1;+1. The molecule has 0 saturated carbocycles. The molecule has 0 aromatic heterocycles. The molecule has 9 heavy (non-hydrogen) atoms. The summed E-state index contributed by atoms with van der Waals surface area (Å²) in [4.78, 5) is 0. The van der Waals surface area contributed by atoms with Crippen molar-refractivity contribution in [1.29, 1.82) is 0 Å². The molecule has 0 aliphatic carbocycles. The number of hydrogen-bond acceptors (Lipinski definition) is 0. The zero-order valence-electron chi connectivity index (χ0n) is 6.69. The summed E-state index contributed by atoms with van der Waals surface area (Å²) in [5.41, 5.74) is 0. The molecule has 0 spiro atoms. The first-order valence-corrected chi connectivity index (χ1v) is 3.36. The maximum atomic E-state index is 3.60. The van der Waals surface area contributed by atoms with Crippen molar-refractivity contribution in [2.75, 3.05) is 0 Å². The van der Waals surface area contributed by atoms with E-state index in [0.717, 1.165) is 0 Å². The van der Waals surface area contributed by atoms with E-state index in [1.807, 2.05) is 6.08 Å². The van der Waals surface area contributed by atoms with Crippen LogP contribution in [-0.4, -0.2) is 0 Å². The summed E-state index contributed by atoms with van der Waals surface area (Å²) < 4.78 is 0. The Morgan fingerprint density at radius 3 is 2.44 bits per heavy atom. The van der Waals surface area contributed by atoms with Crippen LogP contribution in [0.25, 0.3) is 0 Å². The Morgan fingerprint density at radius 2 is 2.00 bits per heavy atom. The molecule has 0 aliphatic rings. The van der Waals surface area contributed by atoms with Gasteiger partial charge < -0.3 is 0 Å². The normalized spacial score (nSPS) is 9.44. The van der Waals surface area contributed by atoms with Crippen molar-refractivity contribution in [3.8, 4) is 0 Å². The van der Waals surface area contributed by atoms with Crippen LogP contribution in [-0.2, 0) is 0 Å². The fourth-order valence-electron chi connectivity index (χ4n) is 0.630. The summed E-state index contributed by atoms with van der Waals surface area (Å²) in [5, 5.41) is 0. The van der Waals surface area contributed by atoms with Crippen molar-refractivity contribution in [1.82, 2.24) is 0 Å². The topological polar surface area (TPSA) is 0 Å². The summed E-state index contributed by atoms with van der Waals surface area (Å²) >= 11 is 0. The van der Waals surface area contributed by atoms with Crippen molar-refractivity contribution in [2.45, 2.75) is 32.6 Å². The zero-order chi connectivity index (χ0) is 6.24. The van der Waals surface area contributed by atoms with Gasteiger partial charge >= 0.3 is 29.6 Å². The van der Waals surface area contributed by atoms with Crippen molar-refractivity contribution in [3.63, 3.8) is 0 Å². The molecule has 0 N–H and O–H groups in total. The van der Waals surface area contributed by atoms with E-state index in [-0.39, 0.29) is 29.6 Å². The van der Waals surface area contributed by atoms with Crippen LogP contribution in [0, 0.1) is 6.92 Å². The summed E-state index contributed by atoms with van der Waals surface area (Å²) in [7, 11) is 0. The second-order valence-corrected chi connectivity index (χ2v) is 1.97. The molecule has 0 rings (SSSR count). The van der Waals surface area contributed by atoms with E-state index < -0.39 is 0 Å². The van der Waals surface area contributed by atoms with Crippen LogP contribution in [0.4, 0.5) is 0 Å². The first-order valence-electron chi connectivity index (χ1n) is 3.36. The molecule has 0 amide bonds. The Bertz CT molecular complexity index is 57.6. The summed E-state index contributed by atoms with van der Waals surface area (Å²) in [5.74, 6) is 0. The SMILES string of the molecule is [CH2-]C=CCCCCC.[Na+]. The largest absolute Gasteiger partial charge is 1.00 e. The molecule has 1 heteroatoms. The van der Waals surface area contributed by atoms with Crippen LogP contribution in [0.3, 0.4) is 0 Å². The van der Waals surface area contributed by atoms with Crippen LogP contribution >= 0.6 is 0 Å². The van der Waals surface area contributed by atoms with Gasteiger partial charge in [0, 0.05) is 0 Å². The predicted molar refractivity (Wildman–Crippen MR) is 38.6 cm³/mol. The fraction of sp³-hybridized carbons (Fsp3) is 0.625. The second-order valence-electron chi connectivity index (χ2n) is 1.97. The molecule has 48 valence electrons. The van der Waals surface area contributed by atoms with Gasteiger partial charge in [-0.25, -0.2) is 19.1 Å². The molecule has 0 saturated heterocycles. The first-order chi connectivity index (χ1) is 3.91. The molecule has 0 nitrogen and oxygen atoms in total. The van der Waals surface area contributed by atoms with Gasteiger partial charge in [-0.1, -0.05) is 26.2 Å². The van der Waals surface area contributed by atoms with Crippen LogP contribution < -0.4 is 29.6 Å². The summed E-state index contributed by atoms with van der Waals surface area (Å²) in [6.07, 6.45) is 9.18. The first kappa shape index (κ1) is 12.3. The van der Waals surface area contributed by atoms with E-state index in [1.165, 1.54) is 25.7 Å². The molecule has 0 atom stereocenters.